The van der Waals surface area contributed by atoms with Crippen LogP contribution in [0.1, 0.15) is 5.56 Å². The Hall–Kier alpha value is -2.76. The number of nitrogens with zero attached hydrogens (tertiary/aromatic N) is 1. The van der Waals surface area contributed by atoms with Gasteiger partial charge in [-0.25, -0.2) is 4.39 Å². The first-order chi connectivity index (χ1) is 11.2. The summed E-state index contributed by atoms with van der Waals surface area (Å²) >= 11 is 0. The first kappa shape index (κ1) is 13.9. The van der Waals surface area contributed by atoms with Gasteiger partial charge in [0.2, 0.25) is 0 Å². The molecule has 23 heavy (non-hydrogen) atoms. The molecule has 0 saturated heterocycles. The van der Waals surface area contributed by atoms with Crippen molar-refractivity contribution < 1.29 is 18.7 Å². The summed E-state index contributed by atoms with van der Waals surface area (Å²) in [6, 6.07) is 10.3. The van der Waals surface area contributed by atoms with Crippen molar-refractivity contribution in [3.8, 4) is 11.5 Å². The van der Waals surface area contributed by atoms with E-state index in [1.54, 1.807) is 6.07 Å². The fourth-order valence-corrected chi connectivity index (χ4v) is 2.86. The van der Waals surface area contributed by atoms with Crippen molar-refractivity contribution >= 4 is 17.3 Å². The van der Waals surface area contributed by atoms with E-state index >= 15 is 0 Å². The van der Waals surface area contributed by atoms with Crippen LogP contribution in [-0.4, -0.2) is 25.7 Å². The van der Waals surface area contributed by atoms with Gasteiger partial charge in [0.25, 0.3) is 5.91 Å². The van der Waals surface area contributed by atoms with Crippen LogP contribution in [0.15, 0.2) is 36.4 Å². The van der Waals surface area contributed by atoms with Gasteiger partial charge in [-0.3, -0.25) is 4.79 Å². The molecule has 0 fully saturated rings. The second kappa shape index (κ2) is 5.46. The molecule has 1 amide bonds. The van der Waals surface area contributed by atoms with Crippen LogP contribution < -0.4 is 19.7 Å². The van der Waals surface area contributed by atoms with Crippen LogP contribution in [0.2, 0.25) is 0 Å². The SMILES string of the molecule is O=C1COc2ccc(CN3CCOc4cc(F)ccc43)cc2N1. The minimum atomic E-state index is -0.306. The predicted octanol–water partition coefficient (Wildman–Crippen LogP) is 2.56. The summed E-state index contributed by atoms with van der Waals surface area (Å²) in [4.78, 5) is 13.6. The van der Waals surface area contributed by atoms with E-state index in [0.29, 0.717) is 30.3 Å². The first-order valence-corrected chi connectivity index (χ1v) is 7.42. The van der Waals surface area contributed by atoms with Gasteiger partial charge in [-0.2, -0.15) is 0 Å². The summed E-state index contributed by atoms with van der Waals surface area (Å²) in [5.74, 6) is 0.782. The third kappa shape index (κ3) is 2.67. The van der Waals surface area contributed by atoms with Crippen molar-refractivity contribution in [3.05, 3.63) is 47.8 Å². The van der Waals surface area contributed by atoms with E-state index in [1.807, 2.05) is 18.2 Å². The summed E-state index contributed by atoms with van der Waals surface area (Å²) in [5.41, 5.74) is 2.59. The third-order valence-electron chi connectivity index (χ3n) is 3.93. The Morgan fingerprint density at radius 1 is 1.13 bits per heavy atom. The third-order valence-corrected chi connectivity index (χ3v) is 3.93. The van der Waals surface area contributed by atoms with Gasteiger partial charge in [0, 0.05) is 12.6 Å². The smallest absolute Gasteiger partial charge is 0.262 e. The molecular weight excluding hydrogens is 299 g/mol. The van der Waals surface area contributed by atoms with E-state index < -0.39 is 0 Å². The molecule has 2 heterocycles. The van der Waals surface area contributed by atoms with Crippen LogP contribution in [0, 0.1) is 5.82 Å². The van der Waals surface area contributed by atoms with E-state index in [4.69, 9.17) is 9.47 Å². The zero-order chi connectivity index (χ0) is 15.8. The number of hydrogen-bond acceptors (Lipinski definition) is 4. The molecule has 0 atom stereocenters. The highest BCUT2D eigenvalue weighted by molar-refractivity contribution is 5.95. The number of benzene rings is 2. The number of halogens is 1. The van der Waals surface area contributed by atoms with Crippen LogP contribution >= 0.6 is 0 Å². The highest BCUT2D eigenvalue weighted by atomic mass is 19.1. The highest BCUT2D eigenvalue weighted by Crippen LogP contribution is 2.34. The number of carbonyl (C=O) groups excluding carboxylic acids is 1. The van der Waals surface area contributed by atoms with Gasteiger partial charge in [0.15, 0.2) is 6.61 Å². The summed E-state index contributed by atoms with van der Waals surface area (Å²) < 4.78 is 24.2. The molecule has 2 aliphatic rings. The Bertz CT molecular complexity index is 778. The minimum absolute atomic E-state index is 0.0503. The molecule has 4 rings (SSSR count). The molecule has 2 aliphatic heterocycles. The topological polar surface area (TPSA) is 50.8 Å². The molecule has 2 aromatic rings. The summed E-state index contributed by atoms with van der Waals surface area (Å²) in [6.07, 6.45) is 0. The van der Waals surface area contributed by atoms with Gasteiger partial charge in [0.05, 0.1) is 17.9 Å². The van der Waals surface area contributed by atoms with Gasteiger partial charge in [-0.15, -0.1) is 0 Å². The van der Waals surface area contributed by atoms with Crippen LogP contribution in [0.4, 0.5) is 15.8 Å². The van der Waals surface area contributed by atoms with Gasteiger partial charge in [-0.1, -0.05) is 6.07 Å². The monoisotopic (exact) mass is 314 g/mol. The van der Waals surface area contributed by atoms with Crippen LogP contribution in [-0.2, 0) is 11.3 Å². The molecule has 1 N–H and O–H groups in total. The number of carbonyl (C=O) groups is 1. The predicted molar refractivity (Wildman–Crippen MR) is 83.5 cm³/mol. The van der Waals surface area contributed by atoms with Gasteiger partial charge < -0.3 is 19.7 Å². The van der Waals surface area contributed by atoms with Crippen molar-refractivity contribution in [3.63, 3.8) is 0 Å². The lowest BCUT2D eigenvalue weighted by atomic mass is 10.1. The standard InChI is InChI=1S/C17H15FN2O3/c18-12-2-3-14-16(8-12)22-6-5-20(14)9-11-1-4-15-13(7-11)19-17(21)10-23-15/h1-4,7-8H,5-6,9-10H2,(H,19,21). The van der Waals surface area contributed by atoms with E-state index in [1.165, 1.54) is 12.1 Å². The molecule has 0 aliphatic carbocycles. The number of hydrogen-bond donors (Lipinski definition) is 1. The second-order valence-corrected chi connectivity index (χ2v) is 5.55. The molecule has 0 aromatic heterocycles. The largest absolute Gasteiger partial charge is 0.489 e. The van der Waals surface area contributed by atoms with E-state index in [9.17, 15) is 9.18 Å². The zero-order valence-corrected chi connectivity index (χ0v) is 12.3. The van der Waals surface area contributed by atoms with Gasteiger partial charge in [0.1, 0.15) is 23.9 Å². The quantitative estimate of drug-likeness (QED) is 0.925. The fourth-order valence-electron chi connectivity index (χ4n) is 2.86. The van der Waals surface area contributed by atoms with Crippen molar-refractivity contribution in [2.24, 2.45) is 0 Å². The molecule has 0 bridgehead atoms. The van der Waals surface area contributed by atoms with Crippen molar-refractivity contribution in [1.82, 2.24) is 0 Å². The summed E-state index contributed by atoms with van der Waals surface area (Å²) in [6.45, 7) is 1.93. The summed E-state index contributed by atoms with van der Waals surface area (Å²) in [5, 5.41) is 2.81. The maximum atomic E-state index is 13.3. The number of ether oxygens (including phenoxy) is 2. The molecule has 2 aromatic carbocycles. The molecule has 0 unspecified atom stereocenters. The summed E-state index contributed by atoms with van der Waals surface area (Å²) in [7, 11) is 0. The van der Waals surface area contributed by atoms with Crippen LogP contribution in [0.3, 0.4) is 0 Å². The number of nitrogens with one attached hydrogen (secondary N) is 1. The lowest BCUT2D eigenvalue weighted by Gasteiger charge is -2.31. The number of rotatable bonds is 2. The average molecular weight is 314 g/mol. The zero-order valence-electron chi connectivity index (χ0n) is 12.3. The highest BCUT2D eigenvalue weighted by Gasteiger charge is 2.20. The maximum absolute atomic E-state index is 13.3. The Balaban J connectivity index is 1.60. The molecular formula is C17H15FN2O3. The second-order valence-electron chi connectivity index (χ2n) is 5.55. The Morgan fingerprint density at radius 3 is 2.96 bits per heavy atom. The van der Waals surface area contributed by atoms with Gasteiger partial charge >= 0.3 is 0 Å². The van der Waals surface area contributed by atoms with E-state index in [2.05, 4.69) is 10.2 Å². The fraction of sp³-hybridized carbons (Fsp3) is 0.235. The first-order valence-electron chi connectivity index (χ1n) is 7.42. The normalized spacial score (nSPS) is 15.9. The number of anilines is 2. The lowest BCUT2D eigenvalue weighted by Crippen LogP contribution is -2.32. The average Bonchev–Trinajstić information content (AvgIpc) is 2.54. The Kier molecular flexibility index (Phi) is 3.29. The molecule has 118 valence electrons. The molecule has 0 saturated carbocycles. The Labute approximate surface area is 132 Å². The number of amides is 1. The minimum Gasteiger partial charge on any atom is -0.489 e. The van der Waals surface area contributed by atoms with Gasteiger partial charge in [-0.05, 0) is 29.8 Å². The molecule has 6 heteroatoms. The van der Waals surface area contributed by atoms with Crippen LogP contribution in [0.5, 0.6) is 11.5 Å². The molecule has 0 radical (unpaired) electrons. The molecule has 0 spiro atoms. The molecule has 5 nitrogen and oxygen atoms in total. The van der Waals surface area contributed by atoms with E-state index in [0.717, 1.165) is 17.8 Å². The maximum Gasteiger partial charge on any atom is 0.262 e. The van der Waals surface area contributed by atoms with Crippen LogP contribution in [0.25, 0.3) is 0 Å². The van der Waals surface area contributed by atoms with Crippen molar-refractivity contribution in [1.29, 1.82) is 0 Å². The van der Waals surface area contributed by atoms with E-state index in [-0.39, 0.29) is 18.3 Å². The van der Waals surface area contributed by atoms with Crippen molar-refractivity contribution in [2.45, 2.75) is 6.54 Å². The lowest BCUT2D eigenvalue weighted by molar-refractivity contribution is -0.118. The number of fused-ring (bicyclic) bond motifs is 2. The Morgan fingerprint density at radius 2 is 2.04 bits per heavy atom. The van der Waals surface area contributed by atoms with Crippen molar-refractivity contribution in [2.75, 3.05) is 30.0 Å².